The Kier molecular flexibility index (Phi) is 2.72. The van der Waals surface area contributed by atoms with Crippen molar-refractivity contribution in [2.75, 3.05) is 26.7 Å². The molecule has 1 atom stereocenters. The highest BCUT2D eigenvalue weighted by molar-refractivity contribution is 5.73. The lowest BCUT2D eigenvalue weighted by molar-refractivity contribution is -0.0208. The van der Waals surface area contributed by atoms with Gasteiger partial charge in [0, 0.05) is 20.1 Å². The lowest BCUT2D eigenvalue weighted by atomic mass is 10.1. The summed E-state index contributed by atoms with van der Waals surface area (Å²) in [5.74, 6) is -0.330. The first-order chi connectivity index (χ1) is 8.65. The molecule has 1 aliphatic heterocycles. The molecule has 2 heterocycles. The van der Waals surface area contributed by atoms with Crippen molar-refractivity contribution in [2.45, 2.75) is 6.10 Å². The highest BCUT2D eigenvalue weighted by Crippen LogP contribution is 2.24. The van der Waals surface area contributed by atoms with Gasteiger partial charge >= 0.3 is 5.76 Å². The molecular formula is C13H16N2O3. The fourth-order valence-electron chi connectivity index (χ4n) is 2.33. The van der Waals surface area contributed by atoms with Crippen molar-refractivity contribution in [3.8, 4) is 0 Å². The maximum atomic E-state index is 11.4. The first-order valence-electron chi connectivity index (χ1n) is 6.05. The molecule has 96 valence electrons. The molecule has 0 radical (unpaired) electrons. The number of ether oxygens (including phenoxy) is 1. The summed E-state index contributed by atoms with van der Waals surface area (Å²) in [6.45, 7) is 2.56. The summed E-state index contributed by atoms with van der Waals surface area (Å²) in [7, 11) is 3.79. The van der Waals surface area contributed by atoms with Crippen LogP contribution < -0.4 is 5.76 Å². The Hall–Kier alpha value is -1.59. The number of morpholine rings is 1. The maximum absolute atomic E-state index is 11.4. The number of oxazole rings is 1. The maximum Gasteiger partial charge on any atom is 0.419 e. The number of likely N-dealkylation sites (N-methyl/N-ethyl adjacent to an activating group) is 1. The molecule has 1 aliphatic rings. The molecule has 1 aromatic carbocycles. The molecule has 0 N–H and O–H groups in total. The summed E-state index contributed by atoms with van der Waals surface area (Å²) in [5.41, 5.74) is 2.49. The van der Waals surface area contributed by atoms with E-state index in [0.717, 1.165) is 30.8 Å². The minimum atomic E-state index is -0.330. The largest absolute Gasteiger partial charge is 0.419 e. The van der Waals surface area contributed by atoms with E-state index >= 15 is 0 Å². The second-order valence-corrected chi connectivity index (χ2v) is 4.78. The average molecular weight is 248 g/mol. The normalized spacial score (nSPS) is 21.6. The van der Waals surface area contributed by atoms with Crippen LogP contribution in [0.2, 0.25) is 0 Å². The van der Waals surface area contributed by atoms with E-state index in [1.54, 1.807) is 7.05 Å². The number of rotatable bonds is 1. The summed E-state index contributed by atoms with van der Waals surface area (Å²) < 4.78 is 12.5. The number of fused-ring (bicyclic) bond motifs is 1. The van der Waals surface area contributed by atoms with Crippen molar-refractivity contribution in [3.05, 3.63) is 34.3 Å². The third-order valence-electron chi connectivity index (χ3n) is 3.46. The van der Waals surface area contributed by atoms with Crippen molar-refractivity contribution < 1.29 is 9.15 Å². The summed E-state index contributed by atoms with van der Waals surface area (Å²) in [4.78, 5) is 13.7. The SMILES string of the molecule is CN1CCOC(c2ccc3c(c2)oc(=O)n3C)C1. The van der Waals surface area contributed by atoms with Crippen molar-refractivity contribution in [1.82, 2.24) is 9.47 Å². The van der Waals surface area contributed by atoms with Gasteiger partial charge in [0.25, 0.3) is 0 Å². The average Bonchev–Trinajstić information content (AvgIpc) is 2.65. The van der Waals surface area contributed by atoms with Crippen LogP contribution in [0.3, 0.4) is 0 Å². The summed E-state index contributed by atoms with van der Waals surface area (Å²) >= 11 is 0. The van der Waals surface area contributed by atoms with Crippen molar-refractivity contribution >= 4 is 11.1 Å². The van der Waals surface area contributed by atoms with Crippen LogP contribution in [0.1, 0.15) is 11.7 Å². The first kappa shape index (κ1) is 11.5. The van der Waals surface area contributed by atoms with Crippen LogP contribution in [0.15, 0.2) is 27.4 Å². The van der Waals surface area contributed by atoms with Crippen molar-refractivity contribution in [3.63, 3.8) is 0 Å². The van der Waals surface area contributed by atoms with Gasteiger partial charge < -0.3 is 14.1 Å². The monoisotopic (exact) mass is 248 g/mol. The van der Waals surface area contributed by atoms with Gasteiger partial charge in [0.1, 0.15) is 0 Å². The predicted molar refractivity (Wildman–Crippen MR) is 67.6 cm³/mol. The Labute approximate surface area is 105 Å². The molecule has 1 unspecified atom stereocenters. The molecule has 1 fully saturated rings. The topological polar surface area (TPSA) is 47.6 Å². The smallest absolute Gasteiger partial charge is 0.408 e. The van der Waals surface area contributed by atoms with Crippen molar-refractivity contribution in [1.29, 1.82) is 0 Å². The molecule has 2 aromatic rings. The molecule has 18 heavy (non-hydrogen) atoms. The molecule has 0 aliphatic carbocycles. The molecule has 1 saturated heterocycles. The Morgan fingerprint density at radius 1 is 1.33 bits per heavy atom. The van der Waals surface area contributed by atoms with Crippen LogP contribution in [0.5, 0.6) is 0 Å². The van der Waals surface area contributed by atoms with Gasteiger partial charge in [-0.3, -0.25) is 4.57 Å². The van der Waals surface area contributed by atoms with E-state index in [1.165, 1.54) is 4.57 Å². The predicted octanol–water partition coefficient (Wildman–Crippen LogP) is 1.13. The Morgan fingerprint density at radius 2 is 2.17 bits per heavy atom. The van der Waals surface area contributed by atoms with Crippen LogP contribution in [-0.4, -0.2) is 36.2 Å². The summed E-state index contributed by atoms with van der Waals surface area (Å²) in [6.07, 6.45) is 0.0543. The number of aryl methyl sites for hydroxylation is 1. The van der Waals surface area contributed by atoms with Gasteiger partial charge in [0.15, 0.2) is 5.58 Å². The number of benzene rings is 1. The van der Waals surface area contributed by atoms with E-state index in [9.17, 15) is 4.79 Å². The second-order valence-electron chi connectivity index (χ2n) is 4.78. The zero-order valence-corrected chi connectivity index (χ0v) is 10.5. The fraction of sp³-hybridized carbons (Fsp3) is 0.462. The molecule has 3 rings (SSSR count). The highest BCUT2D eigenvalue weighted by atomic mass is 16.5. The van der Waals surface area contributed by atoms with E-state index in [2.05, 4.69) is 11.9 Å². The standard InChI is InChI=1S/C13H16N2O3/c1-14-5-6-17-12(8-14)9-3-4-10-11(7-9)18-13(16)15(10)2/h3-4,7,12H,5-6,8H2,1-2H3. The van der Waals surface area contributed by atoms with Crippen LogP contribution in [0.25, 0.3) is 11.1 Å². The number of nitrogens with zero attached hydrogens (tertiary/aromatic N) is 2. The Morgan fingerprint density at radius 3 is 2.94 bits per heavy atom. The molecule has 0 spiro atoms. The molecular weight excluding hydrogens is 232 g/mol. The van der Waals surface area contributed by atoms with Gasteiger partial charge in [0.2, 0.25) is 0 Å². The third-order valence-corrected chi connectivity index (χ3v) is 3.46. The quantitative estimate of drug-likeness (QED) is 0.759. The van der Waals surface area contributed by atoms with Gasteiger partial charge in [0.05, 0.1) is 18.2 Å². The molecule has 0 saturated carbocycles. The lowest BCUT2D eigenvalue weighted by Gasteiger charge is -2.30. The third kappa shape index (κ3) is 1.85. The van der Waals surface area contributed by atoms with Gasteiger partial charge in [-0.2, -0.15) is 0 Å². The molecule has 0 bridgehead atoms. The minimum absolute atomic E-state index is 0.0543. The highest BCUT2D eigenvalue weighted by Gasteiger charge is 2.20. The zero-order valence-electron chi connectivity index (χ0n) is 10.5. The summed E-state index contributed by atoms with van der Waals surface area (Å²) in [5, 5.41) is 0. The van der Waals surface area contributed by atoms with E-state index < -0.39 is 0 Å². The van der Waals surface area contributed by atoms with Crippen LogP contribution in [0.4, 0.5) is 0 Å². The van der Waals surface area contributed by atoms with E-state index in [-0.39, 0.29) is 11.9 Å². The van der Waals surface area contributed by atoms with Gasteiger partial charge in [-0.05, 0) is 24.7 Å². The van der Waals surface area contributed by atoms with Crippen LogP contribution in [0, 0.1) is 0 Å². The minimum Gasteiger partial charge on any atom is -0.408 e. The van der Waals surface area contributed by atoms with Crippen LogP contribution >= 0.6 is 0 Å². The molecule has 5 heteroatoms. The molecule has 1 aromatic heterocycles. The van der Waals surface area contributed by atoms with Crippen molar-refractivity contribution in [2.24, 2.45) is 7.05 Å². The number of hydrogen-bond donors (Lipinski definition) is 0. The summed E-state index contributed by atoms with van der Waals surface area (Å²) in [6, 6.07) is 5.81. The number of aromatic nitrogens is 1. The second kappa shape index (κ2) is 4.26. The zero-order chi connectivity index (χ0) is 12.7. The van der Waals surface area contributed by atoms with Gasteiger partial charge in [-0.1, -0.05) is 6.07 Å². The molecule has 5 nitrogen and oxygen atoms in total. The van der Waals surface area contributed by atoms with E-state index in [0.29, 0.717) is 5.58 Å². The lowest BCUT2D eigenvalue weighted by Crippen LogP contribution is -2.35. The molecule has 0 amide bonds. The Balaban J connectivity index is 2.00. The van der Waals surface area contributed by atoms with Gasteiger partial charge in [-0.15, -0.1) is 0 Å². The van der Waals surface area contributed by atoms with E-state index in [1.807, 2.05) is 18.2 Å². The number of hydrogen-bond acceptors (Lipinski definition) is 4. The van der Waals surface area contributed by atoms with Gasteiger partial charge in [-0.25, -0.2) is 4.79 Å². The first-order valence-corrected chi connectivity index (χ1v) is 6.05. The van der Waals surface area contributed by atoms with E-state index in [4.69, 9.17) is 9.15 Å². The van der Waals surface area contributed by atoms with Crippen LogP contribution in [-0.2, 0) is 11.8 Å². The fourth-order valence-corrected chi connectivity index (χ4v) is 2.33. The Bertz CT molecular complexity index is 629.